The molecule has 0 saturated heterocycles. The maximum Gasteiger partial charge on any atom is 0.339 e. The van der Waals surface area contributed by atoms with E-state index < -0.39 is 5.97 Å². The number of rotatable bonds is 2. The second kappa shape index (κ2) is 4.20. The maximum absolute atomic E-state index is 11.1. The van der Waals surface area contributed by atoms with Crippen LogP contribution in [0.1, 0.15) is 15.9 Å². The molecule has 2 aromatic heterocycles. The quantitative estimate of drug-likeness (QED) is 0.761. The highest BCUT2D eigenvalue weighted by Crippen LogP contribution is 2.20. The first-order chi connectivity index (χ1) is 9.16. The van der Waals surface area contributed by atoms with Crippen molar-refractivity contribution in [3.63, 3.8) is 0 Å². The molecule has 0 aliphatic heterocycles. The van der Waals surface area contributed by atoms with E-state index in [4.69, 9.17) is 5.11 Å². The van der Waals surface area contributed by atoms with Crippen LogP contribution in [0.15, 0.2) is 42.6 Å². The van der Waals surface area contributed by atoms with Crippen molar-refractivity contribution in [2.75, 3.05) is 0 Å². The molecule has 5 heteroatoms. The molecule has 0 atom stereocenters. The van der Waals surface area contributed by atoms with Crippen molar-refractivity contribution in [3.8, 4) is 11.4 Å². The van der Waals surface area contributed by atoms with Crippen LogP contribution < -0.4 is 0 Å². The van der Waals surface area contributed by atoms with Gasteiger partial charge < -0.3 is 5.11 Å². The molecule has 0 spiro atoms. The average molecular weight is 253 g/mol. The van der Waals surface area contributed by atoms with Crippen LogP contribution in [0.3, 0.4) is 0 Å². The monoisotopic (exact) mass is 253 g/mol. The number of fused-ring (bicyclic) bond motifs is 1. The first-order valence-corrected chi connectivity index (χ1v) is 5.81. The van der Waals surface area contributed by atoms with Gasteiger partial charge in [-0.2, -0.15) is 0 Å². The minimum Gasteiger partial charge on any atom is -0.478 e. The Hall–Kier alpha value is -2.69. The Morgan fingerprint density at radius 2 is 1.89 bits per heavy atom. The van der Waals surface area contributed by atoms with Crippen molar-refractivity contribution in [3.05, 3.63) is 53.7 Å². The Morgan fingerprint density at radius 3 is 2.58 bits per heavy atom. The van der Waals surface area contributed by atoms with Gasteiger partial charge in [-0.1, -0.05) is 29.8 Å². The summed E-state index contributed by atoms with van der Waals surface area (Å²) in [6.45, 7) is 2.01. The fourth-order valence-corrected chi connectivity index (χ4v) is 1.98. The third kappa shape index (κ3) is 1.85. The zero-order chi connectivity index (χ0) is 13.4. The van der Waals surface area contributed by atoms with Gasteiger partial charge in [0.2, 0.25) is 0 Å². The molecule has 0 aliphatic carbocycles. The van der Waals surface area contributed by atoms with Crippen LogP contribution in [-0.4, -0.2) is 25.7 Å². The molecule has 1 N–H and O–H groups in total. The van der Waals surface area contributed by atoms with Gasteiger partial charge in [-0.3, -0.25) is 4.40 Å². The largest absolute Gasteiger partial charge is 0.478 e. The van der Waals surface area contributed by atoms with Crippen LogP contribution in [-0.2, 0) is 0 Å². The zero-order valence-corrected chi connectivity index (χ0v) is 10.2. The molecule has 3 rings (SSSR count). The molecule has 19 heavy (non-hydrogen) atoms. The summed E-state index contributed by atoms with van der Waals surface area (Å²) >= 11 is 0. The number of carboxylic acids is 1. The van der Waals surface area contributed by atoms with Crippen LogP contribution in [0.25, 0.3) is 17.0 Å². The molecule has 0 saturated carbocycles. The van der Waals surface area contributed by atoms with Crippen LogP contribution in [0.2, 0.25) is 0 Å². The van der Waals surface area contributed by atoms with Crippen LogP contribution >= 0.6 is 0 Å². The summed E-state index contributed by atoms with van der Waals surface area (Å²) in [5.74, 6) is -0.369. The second-order valence-electron chi connectivity index (χ2n) is 4.31. The van der Waals surface area contributed by atoms with E-state index >= 15 is 0 Å². The number of aryl methyl sites for hydroxylation is 1. The molecular formula is C14H11N3O2. The number of nitrogens with zero attached hydrogens (tertiary/aromatic N) is 3. The van der Waals surface area contributed by atoms with E-state index in [1.165, 1.54) is 6.07 Å². The summed E-state index contributed by atoms with van der Waals surface area (Å²) in [7, 11) is 0. The molecule has 0 fully saturated rings. The first kappa shape index (κ1) is 11.4. The van der Waals surface area contributed by atoms with E-state index in [0.717, 1.165) is 11.1 Å². The van der Waals surface area contributed by atoms with Crippen molar-refractivity contribution in [2.45, 2.75) is 6.92 Å². The summed E-state index contributed by atoms with van der Waals surface area (Å²) in [5, 5.41) is 17.2. The van der Waals surface area contributed by atoms with Gasteiger partial charge in [-0.25, -0.2) is 4.79 Å². The van der Waals surface area contributed by atoms with Gasteiger partial charge >= 0.3 is 5.97 Å². The molecule has 2 heterocycles. The molecule has 0 aliphatic rings. The fourth-order valence-electron chi connectivity index (χ4n) is 1.98. The Kier molecular flexibility index (Phi) is 2.52. The Morgan fingerprint density at radius 1 is 1.16 bits per heavy atom. The van der Waals surface area contributed by atoms with Crippen molar-refractivity contribution in [1.82, 2.24) is 14.6 Å². The molecule has 5 nitrogen and oxygen atoms in total. The summed E-state index contributed by atoms with van der Waals surface area (Å²) in [5.41, 5.74) is 2.56. The molecule has 3 aromatic rings. The predicted octanol–water partition coefficient (Wildman–Crippen LogP) is 2.40. The Balaban J connectivity index is 2.24. The average Bonchev–Trinajstić information content (AvgIpc) is 2.83. The third-order valence-electron chi connectivity index (χ3n) is 2.97. The van der Waals surface area contributed by atoms with Gasteiger partial charge in [0.05, 0.1) is 0 Å². The van der Waals surface area contributed by atoms with E-state index in [1.807, 2.05) is 31.2 Å². The number of hydrogen-bond acceptors (Lipinski definition) is 3. The van der Waals surface area contributed by atoms with Gasteiger partial charge in [-0.05, 0) is 19.1 Å². The summed E-state index contributed by atoms with van der Waals surface area (Å²) in [4.78, 5) is 11.1. The maximum atomic E-state index is 11.1. The van der Waals surface area contributed by atoms with Gasteiger partial charge in [0.15, 0.2) is 11.5 Å². The second-order valence-corrected chi connectivity index (χ2v) is 4.31. The van der Waals surface area contributed by atoms with Crippen LogP contribution in [0, 0.1) is 6.92 Å². The molecular weight excluding hydrogens is 242 g/mol. The minimum atomic E-state index is -1.01. The van der Waals surface area contributed by atoms with E-state index in [0.29, 0.717) is 11.5 Å². The predicted molar refractivity (Wildman–Crippen MR) is 70.1 cm³/mol. The lowest BCUT2D eigenvalue weighted by molar-refractivity contribution is 0.0698. The lowest BCUT2D eigenvalue weighted by Gasteiger charge is -2.01. The third-order valence-corrected chi connectivity index (χ3v) is 2.97. The number of carboxylic acid groups (broad SMARTS) is 1. The van der Waals surface area contributed by atoms with Crippen LogP contribution in [0.4, 0.5) is 0 Å². The van der Waals surface area contributed by atoms with Crippen molar-refractivity contribution >= 4 is 11.6 Å². The van der Waals surface area contributed by atoms with Gasteiger partial charge in [0, 0.05) is 11.8 Å². The number of aromatic nitrogens is 3. The molecule has 0 bridgehead atoms. The van der Waals surface area contributed by atoms with Crippen molar-refractivity contribution in [1.29, 1.82) is 0 Å². The fraction of sp³-hybridized carbons (Fsp3) is 0.0714. The number of benzene rings is 1. The van der Waals surface area contributed by atoms with Crippen molar-refractivity contribution < 1.29 is 9.90 Å². The number of aromatic carboxylic acids is 1. The molecule has 0 radical (unpaired) electrons. The molecule has 0 amide bonds. The molecule has 1 aromatic carbocycles. The normalized spacial score (nSPS) is 10.8. The standard InChI is InChI=1S/C14H11N3O2/c1-9-4-6-10(7-5-9)12-15-16-13-11(14(18)19)3-2-8-17(12)13/h2-8H,1H3,(H,18,19). The minimum absolute atomic E-state index is 0.147. The highest BCUT2D eigenvalue weighted by atomic mass is 16.4. The number of hydrogen-bond donors (Lipinski definition) is 1. The first-order valence-electron chi connectivity index (χ1n) is 5.81. The zero-order valence-electron chi connectivity index (χ0n) is 10.2. The highest BCUT2D eigenvalue weighted by molar-refractivity contribution is 5.94. The van der Waals surface area contributed by atoms with E-state index in [2.05, 4.69) is 10.2 Å². The molecule has 0 unspecified atom stereocenters. The van der Waals surface area contributed by atoms with Gasteiger partial charge in [0.25, 0.3) is 0 Å². The topological polar surface area (TPSA) is 67.5 Å². The smallest absolute Gasteiger partial charge is 0.339 e. The Labute approximate surface area is 109 Å². The van der Waals surface area contributed by atoms with E-state index in [9.17, 15) is 4.79 Å². The number of pyridine rings is 1. The van der Waals surface area contributed by atoms with Gasteiger partial charge in [-0.15, -0.1) is 10.2 Å². The van der Waals surface area contributed by atoms with Crippen molar-refractivity contribution in [2.24, 2.45) is 0 Å². The SMILES string of the molecule is Cc1ccc(-c2nnc3c(C(=O)O)cccn23)cc1. The highest BCUT2D eigenvalue weighted by Gasteiger charge is 2.14. The Bertz CT molecular complexity index is 760. The van der Waals surface area contributed by atoms with Crippen LogP contribution in [0.5, 0.6) is 0 Å². The molecule has 94 valence electrons. The summed E-state index contributed by atoms with van der Waals surface area (Å²) in [6, 6.07) is 11.1. The number of carbonyl (C=O) groups is 1. The van der Waals surface area contributed by atoms with E-state index in [-0.39, 0.29) is 5.56 Å². The summed E-state index contributed by atoms with van der Waals surface area (Å²) in [6.07, 6.45) is 1.76. The van der Waals surface area contributed by atoms with Gasteiger partial charge in [0.1, 0.15) is 5.56 Å². The lowest BCUT2D eigenvalue weighted by Crippen LogP contribution is -2.00. The lowest BCUT2D eigenvalue weighted by atomic mass is 10.1. The van der Waals surface area contributed by atoms with E-state index in [1.54, 1.807) is 16.7 Å². The summed E-state index contributed by atoms with van der Waals surface area (Å²) < 4.78 is 1.69.